The second-order valence-electron chi connectivity index (χ2n) is 4.14. The topological polar surface area (TPSA) is 104 Å². The summed E-state index contributed by atoms with van der Waals surface area (Å²) in [5.74, 6) is 0.845. The summed E-state index contributed by atoms with van der Waals surface area (Å²) in [5.41, 5.74) is 6.72. The fourth-order valence-electron chi connectivity index (χ4n) is 1.48. The van der Waals surface area contributed by atoms with Gasteiger partial charge in [0.05, 0.1) is 11.3 Å². The van der Waals surface area contributed by atoms with Crippen LogP contribution >= 0.6 is 15.9 Å². The van der Waals surface area contributed by atoms with E-state index in [-0.39, 0.29) is 5.95 Å². The van der Waals surface area contributed by atoms with Crippen LogP contribution in [0, 0.1) is 11.3 Å². The first kappa shape index (κ1) is 14.0. The Kier molecular flexibility index (Phi) is 4.00. The summed E-state index contributed by atoms with van der Waals surface area (Å²) < 4.78 is 0.823. The van der Waals surface area contributed by atoms with Gasteiger partial charge in [0, 0.05) is 18.6 Å². The van der Waals surface area contributed by atoms with Crippen LogP contribution in [-0.4, -0.2) is 29.0 Å². The maximum absolute atomic E-state index is 9.12. The van der Waals surface area contributed by atoms with E-state index in [4.69, 9.17) is 11.0 Å². The first-order chi connectivity index (χ1) is 9.49. The van der Waals surface area contributed by atoms with Crippen LogP contribution in [0.4, 0.5) is 23.5 Å². The highest BCUT2D eigenvalue weighted by molar-refractivity contribution is 9.10. The highest BCUT2D eigenvalue weighted by Crippen LogP contribution is 2.23. The number of nitrogens with zero attached hydrogens (tertiary/aromatic N) is 5. The van der Waals surface area contributed by atoms with Gasteiger partial charge in [0.25, 0.3) is 0 Å². The standard InChI is InChI=1S/C12H12BrN7/c1-20(2)12-18-10(15)17-11(19-12)16-9-4-3-8(13)5-7(9)6-14/h3-5H,1-2H3,(H3,15,16,17,18,19). The SMILES string of the molecule is CN(C)c1nc(N)nc(Nc2ccc(Br)cc2C#N)n1. The normalized spacial score (nSPS) is 9.90. The molecule has 1 aromatic heterocycles. The van der Waals surface area contributed by atoms with Gasteiger partial charge in [-0.15, -0.1) is 0 Å². The van der Waals surface area contributed by atoms with Gasteiger partial charge in [-0.2, -0.15) is 20.2 Å². The van der Waals surface area contributed by atoms with Crippen molar-refractivity contribution in [3.63, 3.8) is 0 Å². The smallest absolute Gasteiger partial charge is 0.233 e. The predicted molar refractivity (Wildman–Crippen MR) is 80.7 cm³/mol. The van der Waals surface area contributed by atoms with Gasteiger partial charge in [-0.05, 0) is 18.2 Å². The molecule has 0 fully saturated rings. The van der Waals surface area contributed by atoms with Crippen molar-refractivity contribution < 1.29 is 0 Å². The Balaban J connectivity index is 2.38. The number of nitriles is 1. The molecule has 0 saturated carbocycles. The quantitative estimate of drug-likeness (QED) is 0.883. The third-order valence-electron chi connectivity index (χ3n) is 2.39. The van der Waals surface area contributed by atoms with E-state index in [1.807, 2.05) is 6.07 Å². The number of anilines is 4. The van der Waals surface area contributed by atoms with Crippen molar-refractivity contribution in [2.45, 2.75) is 0 Å². The molecule has 0 unspecified atom stereocenters. The number of nitrogen functional groups attached to an aromatic ring is 1. The Bertz CT molecular complexity index is 678. The first-order valence-corrected chi connectivity index (χ1v) is 6.44. The second-order valence-corrected chi connectivity index (χ2v) is 5.05. The molecular formula is C12H12BrN7. The van der Waals surface area contributed by atoms with Crippen LogP contribution in [0.3, 0.4) is 0 Å². The van der Waals surface area contributed by atoms with Gasteiger partial charge in [0.2, 0.25) is 17.8 Å². The Morgan fingerprint density at radius 2 is 2.05 bits per heavy atom. The molecule has 0 saturated heterocycles. The van der Waals surface area contributed by atoms with Crippen LogP contribution < -0.4 is 16.0 Å². The van der Waals surface area contributed by atoms with Gasteiger partial charge in [-0.1, -0.05) is 15.9 Å². The third kappa shape index (κ3) is 3.13. The zero-order valence-corrected chi connectivity index (χ0v) is 12.5. The fourth-order valence-corrected chi connectivity index (χ4v) is 1.84. The molecule has 8 heteroatoms. The molecule has 1 heterocycles. The number of hydrogen-bond donors (Lipinski definition) is 2. The van der Waals surface area contributed by atoms with E-state index in [1.165, 1.54) is 0 Å². The van der Waals surface area contributed by atoms with Crippen molar-refractivity contribution in [3.05, 3.63) is 28.2 Å². The molecule has 20 heavy (non-hydrogen) atoms. The molecule has 0 aliphatic carbocycles. The summed E-state index contributed by atoms with van der Waals surface area (Å²) in [6.45, 7) is 0. The van der Waals surface area contributed by atoms with Gasteiger partial charge in [0.15, 0.2) is 0 Å². The van der Waals surface area contributed by atoms with Gasteiger partial charge < -0.3 is 16.0 Å². The number of benzene rings is 1. The zero-order valence-electron chi connectivity index (χ0n) is 10.9. The number of halogens is 1. The first-order valence-electron chi connectivity index (χ1n) is 5.65. The van der Waals surface area contributed by atoms with E-state index < -0.39 is 0 Å². The van der Waals surface area contributed by atoms with Crippen molar-refractivity contribution >= 4 is 39.5 Å². The Morgan fingerprint density at radius 3 is 2.70 bits per heavy atom. The van der Waals surface area contributed by atoms with E-state index in [0.717, 1.165) is 4.47 Å². The molecule has 3 N–H and O–H groups in total. The lowest BCUT2D eigenvalue weighted by Gasteiger charge is -2.12. The maximum atomic E-state index is 9.12. The highest BCUT2D eigenvalue weighted by atomic mass is 79.9. The van der Waals surface area contributed by atoms with Gasteiger partial charge in [-0.3, -0.25) is 0 Å². The van der Waals surface area contributed by atoms with Crippen LogP contribution in [0.5, 0.6) is 0 Å². The summed E-state index contributed by atoms with van der Waals surface area (Å²) in [5, 5.41) is 12.1. The molecule has 0 aliphatic heterocycles. The van der Waals surface area contributed by atoms with Crippen molar-refractivity contribution in [2.75, 3.05) is 30.0 Å². The summed E-state index contributed by atoms with van der Waals surface area (Å²) in [6, 6.07) is 7.39. The van der Waals surface area contributed by atoms with Crippen molar-refractivity contribution in [1.29, 1.82) is 5.26 Å². The van der Waals surface area contributed by atoms with E-state index in [0.29, 0.717) is 23.1 Å². The average Bonchev–Trinajstić information content (AvgIpc) is 2.40. The number of aromatic nitrogens is 3. The lowest BCUT2D eigenvalue weighted by molar-refractivity contribution is 0.969. The molecule has 0 atom stereocenters. The molecule has 0 bridgehead atoms. The van der Waals surface area contributed by atoms with Crippen LogP contribution in [0.2, 0.25) is 0 Å². The molecule has 0 spiro atoms. The number of nitrogens with two attached hydrogens (primary N) is 1. The fraction of sp³-hybridized carbons (Fsp3) is 0.167. The van der Waals surface area contributed by atoms with Gasteiger partial charge in [0.1, 0.15) is 6.07 Å². The molecular weight excluding hydrogens is 322 g/mol. The molecule has 0 radical (unpaired) electrons. The summed E-state index contributed by atoms with van der Waals surface area (Å²) in [4.78, 5) is 13.9. The monoisotopic (exact) mass is 333 g/mol. The molecule has 1 aromatic carbocycles. The molecule has 0 amide bonds. The number of hydrogen-bond acceptors (Lipinski definition) is 7. The van der Waals surface area contributed by atoms with Gasteiger partial charge >= 0.3 is 0 Å². The van der Waals surface area contributed by atoms with E-state index in [2.05, 4.69) is 42.3 Å². The van der Waals surface area contributed by atoms with Crippen molar-refractivity contribution in [3.8, 4) is 6.07 Å². The summed E-state index contributed by atoms with van der Waals surface area (Å²) >= 11 is 3.32. The van der Waals surface area contributed by atoms with Crippen LogP contribution in [-0.2, 0) is 0 Å². The molecule has 7 nitrogen and oxygen atoms in total. The summed E-state index contributed by atoms with van der Waals surface area (Å²) in [7, 11) is 3.61. The lowest BCUT2D eigenvalue weighted by Crippen LogP contribution is -2.15. The van der Waals surface area contributed by atoms with E-state index >= 15 is 0 Å². The Labute approximate surface area is 124 Å². The Hall–Kier alpha value is -2.40. The lowest BCUT2D eigenvalue weighted by atomic mass is 10.2. The van der Waals surface area contributed by atoms with E-state index in [9.17, 15) is 0 Å². The predicted octanol–water partition coefficient (Wildman–Crippen LogP) is 1.90. The van der Waals surface area contributed by atoms with Gasteiger partial charge in [-0.25, -0.2) is 0 Å². The van der Waals surface area contributed by atoms with E-state index in [1.54, 1.807) is 31.1 Å². The van der Waals surface area contributed by atoms with Crippen LogP contribution in [0.15, 0.2) is 22.7 Å². The molecule has 2 rings (SSSR count). The summed E-state index contributed by atoms with van der Waals surface area (Å²) in [6.07, 6.45) is 0. The Morgan fingerprint density at radius 1 is 1.30 bits per heavy atom. The minimum atomic E-state index is 0.113. The molecule has 102 valence electrons. The second kappa shape index (κ2) is 5.71. The van der Waals surface area contributed by atoms with Crippen molar-refractivity contribution in [2.24, 2.45) is 0 Å². The van der Waals surface area contributed by atoms with Crippen molar-refractivity contribution in [1.82, 2.24) is 15.0 Å². The average molecular weight is 334 g/mol. The minimum Gasteiger partial charge on any atom is -0.368 e. The minimum absolute atomic E-state index is 0.113. The van der Waals surface area contributed by atoms with Crippen LogP contribution in [0.25, 0.3) is 0 Å². The largest absolute Gasteiger partial charge is 0.368 e. The maximum Gasteiger partial charge on any atom is 0.233 e. The number of nitrogens with one attached hydrogen (secondary N) is 1. The zero-order chi connectivity index (χ0) is 14.7. The molecule has 0 aliphatic rings. The third-order valence-corrected chi connectivity index (χ3v) is 2.88. The molecule has 2 aromatic rings. The highest BCUT2D eigenvalue weighted by Gasteiger charge is 2.09. The van der Waals surface area contributed by atoms with Crippen LogP contribution in [0.1, 0.15) is 5.56 Å². The number of rotatable bonds is 3.